The van der Waals surface area contributed by atoms with Crippen LogP contribution < -0.4 is 10.6 Å². The fourth-order valence-corrected chi connectivity index (χ4v) is 1.99. The first-order chi connectivity index (χ1) is 7.17. The van der Waals surface area contributed by atoms with Crippen LogP contribution in [0.5, 0.6) is 0 Å². The number of carbonyl (C=O) groups excluding carboxylic acids is 1. The molecule has 1 aromatic rings. The smallest absolute Gasteiger partial charge is 0.233 e. The van der Waals surface area contributed by atoms with Gasteiger partial charge in [-0.15, -0.1) is 11.3 Å². The molecule has 0 saturated carbocycles. The van der Waals surface area contributed by atoms with Gasteiger partial charge in [0.2, 0.25) is 5.91 Å². The number of aryl methyl sites for hydroxylation is 1. The number of aromatic nitrogens is 1. The normalized spacial score (nSPS) is 12.5. The molecule has 84 valence electrons. The van der Waals surface area contributed by atoms with Crippen molar-refractivity contribution in [1.82, 2.24) is 15.6 Å². The van der Waals surface area contributed by atoms with E-state index in [-0.39, 0.29) is 11.9 Å². The molecule has 1 rings (SSSR count). The topological polar surface area (TPSA) is 54.0 Å². The van der Waals surface area contributed by atoms with Crippen molar-refractivity contribution < 1.29 is 4.79 Å². The number of amides is 1. The van der Waals surface area contributed by atoms with E-state index in [4.69, 9.17) is 0 Å². The van der Waals surface area contributed by atoms with Gasteiger partial charge in [-0.1, -0.05) is 6.92 Å². The van der Waals surface area contributed by atoms with Crippen LogP contribution in [0.1, 0.15) is 29.8 Å². The fraction of sp³-hybridized carbons (Fsp3) is 0.600. The Morgan fingerprint density at radius 2 is 2.40 bits per heavy atom. The Bertz CT molecular complexity index is 324. The third-order valence-electron chi connectivity index (χ3n) is 2.14. The maximum absolute atomic E-state index is 11.0. The first kappa shape index (κ1) is 12.1. The van der Waals surface area contributed by atoms with E-state index < -0.39 is 0 Å². The quantitative estimate of drug-likeness (QED) is 0.792. The largest absolute Gasteiger partial charge is 0.358 e. The summed E-state index contributed by atoms with van der Waals surface area (Å²) in [6.45, 7) is 4.46. The number of hydrogen-bond donors (Lipinski definition) is 2. The zero-order valence-corrected chi connectivity index (χ0v) is 10.1. The molecule has 1 aromatic heterocycles. The van der Waals surface area contributed by atoms with Gasteiger partial charge in [-0.05, 0) is 13.3 Å². The van der Waals surface area contributed by atoms with Crippen molar-refractivity contribution in [2.24, 2.45) is 0 Å². The van der Waals surface area contributed by atoms with Crippen molar-refractivity contribution in [2.75, 3.05) is 13.6 Å². The summed E-state index contributed by atoms with van der Waals surface area (Å²) < 4.78 is 0. The third kappa shape index (κ3) is 3.60. The second-order valence-corrected chi connectivity index (χ2v) is 4.44. The van der Waals surface area contributed by atoms with E-state index in [2.05, 4.69) is 22.5 Å². The molecule has 4 nitrogen and oxygen atoms in total. The Labute approximate surface area is 94.1 Å². The van der Waals surface area contributed by atoms with Gasteiger partial charge in [-0.25, -0.2) is 4.98 Å². The molecule has 0 saturated heterocycles. The maximum atomic E-state index is 11.0. The summed E-state index contributed by atoms with van der Waals surface area (Å²) in [5, 5.41) is 6.73. The zero-order valence-electron chi connectivity index (χ0n) is 9.33. The Morgan fingerprint density at radius 1 is 1.67 bits per heavy atom. The minimum atomic E-state index is -0.00544. The molecule has 0 radical (unpaired) electrons. The van der Waals surface area contributed by atoms with Gasteiger partial charge < -0.3 is 5.32 Å². The van der Waals surface area contributed by atoms with E-state index >= 15 is 0 Å². The molecule has 0 aliphatic rings. The van der Waals surface area contributed by atoms with Crippen LogP contribution in [0.3, 0.4) is 0 Å². The van der Waals surface area contributed by atoms with Crippen molar-refractivity contribution in [3.8, 4) is 0 Å². The molecular weight excluding hydrogens is 210 g/mol. The van der Waals surface area contributed by atoms with Crippen LogP contribution >= 0.6 is 11.3 Å². The Kier molecular flexibility index (Phi) is 4.71. The number of thiazole rings is 1. The lowest BCUT2D eigenvalue weighted by atomic mass is 10.3. The molecule has 0 bridgehead atoms. The average molecular weight is 227 g/mol. The van der Waals surface area contributed by atoms with Gasteiger partial charge in [-0.2, -0.15) is 0 Å². The molecule has 0 aliphatic carbocycles. The van der Waals surface area contributed by atoms with E-state index in [0.717, 1.165) is 11.4 Å². The lowest BCUT2D eigenvalue weighted by molar-refractivity contribution is -0.119. The monoisotopic (exact) mass is 227 g/mol. The van der Waals surface area contributed by atoms with Crippen molar-refractivity contribution in [1.29, 1.82) is 0 Å². The second-order valence-electron chi connectivity index (χ2n) is 3.29. The highest BCUT2D eigenvalue weighted by atomic mass is 32.1. The summed E-state index contributed by atoms with van der Waals surface area (Å²) in [7, 11) is 1.63. The van der Waals surface area contributed by atoms with Crippen LogP contribution in [0.2, 0.25) is 0 Å². The summed E-state index contributed by atoms with van der Waals surface area (Å²) in [6, 6.07) is 0.132. The molecule has 1 heterocycles. The summed E-state index contributed by atoms with van der Waals surface area (Å²) >= 11 is 1.69. The van der Waals surface area contributed by atoms with Gasteiger partial charge in [0.1, 0.15) is 5.01 Å². The Hall–Kier alpha value is -0.940. The molecule has 1 atom stereocenters. The van der Waals surface area contributed by atoms with E-state index in [1.807, 2.05) is 13.1 Å². The van der Waals surface area contributed by atoms with Crippen LogP contribution in [0.25, 0.3) is 0 Å². The predicted octanol–water partition coefficient (Wildman–Crippen LogP) is 1.10. The molecule has 0 fully saturated rings. The van der Waals surface area contributed by atoms with Crippen LogP contribution in [0, 0.1) is 0 Å². The van der Waals surface area contributed by atoms with Gasteiger partial charge in [-0.3, -0.25) is 10.1 Å². The van der Waals surface area contributed by atoms with Crippen LogP contribution in [-0.4, -0.2) is 24.5 Å². The van der Waals surface area contributed by atoms with Crippen molar-refractivity contribution in [3.63, 3.8) is 0 Å². The van der Waals surface area contributed by atoms with Crippen molar-refractivity contribution >= 4 is 17.2 Å². The molecule has 15 heavy (non-hydrogen) atoms. The van der Waals surface area contributed by atoms with Gasteiger partial charge in [0.15, 0.2) is 0 Å². The molecule has 1 unspecified atom stereocenters. The lowest BCUT2D eigenvalue weighted by Crippen LogP contribution is -2.32. The summed E-state index contributed by atoms with van der Waals surface area (Å²) in [5.74, 6) is -0.00544. The molecule has 0 aromatic carbocycles. The van der Waals surface area contributed by atoms with Gasteiger partial charge in [0.25, 0.3) is 0 Å². The molecule has 2 N–H and O–H groups in total. The highest BCUT2D eigenvalue weighted by molar-refractivity contribution is 7.11. The number of hydrogen-bond acceptors (Lipinski definition) is 4. The third-order valence-corrected chi connectivity index (χ3v) is 3.46. The first-order valence-electron chi connectivity index (χ1n) is 5.06. The van der Waals surface area contributed by atoms with E-state index in [1.165, 1.54) is 4.88 Å². The van der Waals surface area contributed by atoms with Gasteiger partial charge >= 0.3 is 0 Å². The fourth-order valence-electron chi connectivity index (χ4n) is 1.11. The zero-order chi connectivity index (χ0) is 11.3. The lowest BCUT2D eigenvalue weighted by Gasteiger charge is -2.09. The molecule has 0 aliphatic heterocycles. The highest BCUT2D eigenvalue weighted by Crippen LogP contribution is 2.19. The highest BCUT2D eigenvalue weighted by Gasteiger charge is 2.10. The minimum absolute atomic E-state index is 0.00544. The van der Waals surface area contributed by atoms with Gasteiger partial charge in [0.05, 0.1) is 12.6 Å². The summed E-state index contributed by atoms with van der Waals surface area (Å²) in [4.78, 5) is 16.6. The van der Waals surface area contributed by atoms with Crippen LogP contribution in [0.4, 0.5) is 0 Å². The number of carbonyl (C=O) groups is 1. The Morgan fingerprint density at radius 3 is 2.93 bits per heavy atom. The number of nitrogens with one attached hydrogen (secondary N) is 2. The summed E-state index contributed by atoms with van der Waals surface area (Å²) in [6.07, 6.45) is 2.91. The van der Waals surface area contributed by atoms with Crippen molar-refractivity contribution in [2.45, 2.75) is 26.3 Å². The molecule has 0 spiro atoms. The van der Waals surface area contributed by atoms with Crippen LogP contribution in [-0.2, 0) is 11.2 Å². The minimum Gasteiger partial charge on any atom is -0.358 e. The number of rotatable bonds is 5. The second kappa shape index (κ2) is 5.82. The number of likely N-dealkylation sites (N-methyl/N-ethyl adjacent to an activating group) is 1. The standard InChI is InChI=1S/C10H17N3OS/c1-4-8-5-13-10(15-8)7(2)12-6-9(14)11-3/h5,7,12H,4,6H2,1-3H3,(H,11,14). The molecule has 1 amide bonds. The van der Waals surface area contributed by atoms with E-state index in [1.54, 1.807) is 18.4 Å². The van der Waals surface area contributed by atoms with E-state index in [0.29, 0.717) is 6.54 Å². The molecular formula is C10H17N3OS. The SMILES string of the molecule is CCc1cnc(C(C)NCC(=O)NC)s1. The Balaban J connectivity index is 2.46. The average Bonchev–Trinajstić information content (AvgIpc) is 2.73. The summed E-state index contributed by atoms with van der Waals surface area (Å²) in [5.41, 5.74) is 0. The maximum Gasteiger partial charge on any atom is 0.233 e. The first-order valence-corrected chi connectivity index (χ1v) is 5.87. The molecule has 5 heteroatoms. The number of nitrogens with zero attached hydrogens (tertiary/aromatic N) is 1. The van der Waals surface area contributed by atoms with E-state index in [9.17, 15) is 4.79 Å². The van der Waals surface area contributed by atoms with Gasteiger partial charge in [0, 0.05) is 18.1 Å². The van der Waals surface area contributed by atoms with Crippen LogP contribution in [0.15, 0.2) is 6.20 Å². The predicted molar refractivity (Wildman–Crippen MR) is 62.0 cm³/mol. The van der Waals surface area contributed by atoms with Crippen molar-refractivity contribution in [3.05, 3.63) is 16.1 Å².